The van der Waals surface area contributed by atoms with E-state index in [2.05, 4.69) is 20.5 Å². The number of carbonyl (C=O) groups is 1. The first kappa shape index (κ1) is 21.6. The molecule has 2 heterocycles. The Bertz CT molecular complexity index is 1070. The molecule has 3 N–H and O–H groups in total. The zero-order valence-electron chi connectivity index (χ0n) is 17.7. The molecule has 0 unspecified atom stereocenters. The first-order chi connectivity index (χ1) is 15.5. The topological polar surface area (TPSA) is 86.7 Å². The lowest BCUT2D eigenvalue weighted by molar-refractivity contribution is 0.102. The summed E-state index contributed by atoms with van der Waals surface area (Å²) < 4.78 is 18.2. The molecule has 32 heavy (non-hydrogen) atoms. The number of benzene rings is 2. The molecule has 3 aromatic rings. The Morgan fingerprint density at radius 3 is 2.75 bits per heavy atom. The van der Waals surface area contributed by atoms with Crippen molar-refractivity contribution in [3.05, 3.63) is 77.7 Å². The second-order valence-corrected chi connectivity index (χ2v) is 7.68. The number of phenols is 1. The predicted octanol–water partition coefficient (Wildman–Crippen LogP) is 3.56. The Morgan fingerprint density at radius 2 is 2.03 bits per heavy atom. The van der Waals surface area contributed by atoms with E-state index >= 15 is 0 Å². The minimum absolute atomic E-state index is 0.129. The van der Waals surface area contributed by atoms with Crippen LogP contribution < -0.4 is 20.3 Å². The SMILES string of the molecule is COc1cc(CN[C@H]2CCN(c3ccc(C(=O)Nc4ccc(F)cc4)cn3)C2)ccc1O. The zero-order valence-corrected chi connectivity index (χ0v) is 17.7. The van der Waals surface area contributed by atoms with Crippen LogP contribution in [-0.4, -0.2) is 42.2 Å². The van der Waals surface area contributed by atoms with Crippen molar-refractivity contribution >= 4 is 17.4 Å². The molecular weight excluding hydrogens is 411 g/mol. The molecule has 7 nitrogen and oxygen atoms in total. The Hall–Kier alpha value is -3.65. The first-order valence-corrected chi connectivity index (χ1v) is 10.4. The van der Waals surface area contributed by atoms with Crippen LogP contribution in [0.2, 0.25) is 0 Å². The number of amides is 1. The van der Waals surface area contributed by atoms with Gasteiger partial charge in [0.1, 0.15) is 11.6 Å². The van der Waals surface area contributed by atoms with Gasteiger partial charge in [0.25, 0.3) is 5.91 Å². The third kappa shape index (κ3) is 5.15. The molecule has 166 valence electrons. The van der Waals surface area contributed by atoms with Crippen LogP contribution in [0.1, 0.15) is 22.3 Å². The average molecular weight is 436 g/mol. The molecule has 1 saturated heterocycles. The van der Waals surface area contributed by atoms with E-state index < -0.39 is 0 Å². The van der Waals surface area contributed by atoms with Crippen molar-refractivity contribution in [1.82, 2.24) is 10.3 Å². The lowest BCUT2D eigenvalue weighted by atomic mass is 10.2. The maximum absolute atomic E-state index is 13.0. The molecular formula is C24H25FN4O3. The van der Waals surface area contributed by atoms with Crippen molar-refractivity contribution in [2.75, 3.05) is 30.4 Å². The first-order valence-electron chi connectivity index (χ1n) is 10.4. The van der Waals surface area contributed by atoms with Gasteiger partial charge < -0.3 is 25.4 Å². The maximum Gasteiger partial charge on any atom is 0.257 e. The van der Waals surface area contributed by atoms with Crippen LogP contribution in [0.25, 0.3) is 0 Å². The van der Waals surface area contributed by atoms with Gasteiger partial charge in [-0.2, -0.15) is 0 Å². The predicted molar refractivity (Wildman–Crippen MR) is 121 cm³/mol. The summed E-state index contributed by atoms with van der Waals surface area (Å²) in [5, 5.41) is 16.0. The highest BCUT2D eigenvalue weighted by molar-refractivity contribution is 6.04. The number of pyridine rings is 1. The molecule has 1 aliphatic rings. The number of halogens is 1. The number of hydrogen-bond donors (Lipinski definition) is 3. The van der Waals surface area contributed by atoms with E-state index in [4.69, 9.17) is 4.74 Å². The number of hydrogen-bond acceptors (Lipinski definition) is 6. The number of aromatic nitrogens is 1. The van der Waals surface area contributed by atoms with Gasteiger partial charge in [0, 0.05) is 37.6 Å². The van der Waals surface area contributed by atoms with E-state index in [1.807, 2.05) is 18.2 Å². The molecule has 2 aromatic carbocycles. The van der Waals surface area contributed by atoms with Crippen LogP contribution in [0.3, 0.4) is 0 Å². The Morgan fingerprint density at radius 1 is 1.22 bits per heavy atom. The molecule has 0 aliphatic carbocycles. The van der Waals surface area contributed by atoms with Gasteiger partial charge in [0.05, 0.1) is 12.7 Å². The van der Waals surface area contributed by atoms with Crippen molar-refractivity contribution in [2.45, 2.75) is 19.0 Å². The number of anilines is 2. The highest BCUT2D eigenvalue weighted by atomic mass is 19.1. The summed E-state index contributed by atoms with van der Waals surface area (Å²) in [4.78, 5) is 19.0. The maximum atomic E-state index is 13.0. The van der Waals surface area contributed by atoms with Crippen molar-refractivity contribution in [2.24, 2.45) is 0 Å². The molecule has 8 heteroatoms. The van der Waals surface area contributed by atoms with Gasteiger partial charge in [0.2, 0.25) is 0 Å². The van der Waals surface area contributed by atoms with Gasteiger partial charge in [-0.1, -0.05) is 6.07 Å². The van der Waals surface area contributed by atoms with Crippen molar-refractivity contribution in [1.29, 1.82) is 0 Å². The number of aromatic hydroxyl groups is 1. The highest BCUT2D eigenvalue weighted by Gasteiger charge is 2.23. The minimum atomic E-state index is -0.352. The number of ether oxygens (including phenoxy) is 1. The summed E-state index contributed by atoms with van der Waals surface area (Å²) in [5.74, 6) is 0.768. The van der Waals surface area contributed by atoms with Gasteiger partial charge in [-0.05, 0) is 60.5 Å². The normalized spacial score (nSPS) is 15.6. The van der Waals surface area contributed by atoms with Crippen molar-refractivity contribution in [3.63, 3.8) is 0 Å². The van der Waals surface area contributed by atoms with E-state index in [9.17, 15) is 14.3 Å². The monoisotopic (exact) mass is 436 g/mol. The van der Waals surface area contributed by atoms with E-state index in [0.29, 0.717) is 29.6 Å². The fourth-order valence-corrected chi connectivity index (χ4v) is 3.67. The second kappa shape index (κ2) is 9.65. The summed E-state index contributed by atoms with van der Waals surface area (Å²) in [7, 11) is 1.53. The lowest BCUT2D eigenvalue weighted by Crippen LogP contribution is -2.32. The second-order valence-electron chi connectivity index (χ2n) is 7.68. The molecule has 1 aliphatic heterocycles. The number of nitrogens with one attached hydrogen (secondary N) is 2. The molecule has 0 spiro atoms. The fourth-order valence-electron chi connectivity index (χ4n) is 3.67. The standard InChI is InChI=1S/C24H25FN4O3/c1-32-22-12-16(2-8-21(22)30)13-26-20-10-11-29(15-20)23-9-3-17(14-27-23)24(31)28-19-6-4-18(25)5-7-19/h2-9,12,14,20,26,30H,10-11,13,15H2,1H3,(H,28,31)/t20-/m0/s1. The number of methoxy groups -OCH3 is 1. The lowest BCUT2D eigenvalue weighted by Gasteiger charge is -2.18. The van der Waals surface area contributed by atoms with Crippen LogP contribution in [0.15, 0.2) is 60.8 Å². The summed E-state index contributed by atoms with van der Waals surface area (Å²) in [6.45, 7) is 2.35. The Balaban J connectivity index is 1.30. The van der Waals surface area contributed by atoms with Crippen molar-refractivity contribution < 1.29 is 19.0 Å². The van der Waals surface area contributed by atoms with E-state index in [1.165, 1.54) is 31.4 Å². The van der Waals surface area contributed by atoms with Crippen LogP contribution in [0.5, 0.6) is 11.5 Å². The molecule has 1 amide bonds. The van der Waals surface area contributed by atoms with Gasteiger partial charge in [-0.25, -0.2) is 9.37 Å². The molecule has 4 rings (SSSR count). The molecule has 1 aromatic heterocycles. The minimum Gasteiger partial charge on any atom is -0.504 e. The third-order valence-corrected chi connectivity index (χ3v) is 5.46. The van der Waals surface area contributed by atoms with Gasteiger partial charge in [-0.3, -0.25) is 4.79 Å². The van der Waals surface area contributed by atoms with E-state index in [0.717, 1.165) is 30.9 Å². The van der Waals surface area contributed by atoms with Crippen LogP contribution >= 0.6 is 0 Å². The van der Waals surface area contributed by atoms with Crippen LogP contribution in [0, 0.1) is 5.82 Å². The quantitative estimate of drug-likeness (QED) is 0.525. The van der Waals surface area contributed by atoms with Gasteiger partial charge in [0.15, 0.2) is 11.5 Å². The summed E-state index contributed by atoms with van der Waals surface area (Å²) in [5.41, 5.74) is 2.00. The highest BCUT2D eigenvalue weighted by Crippen LogP contribution is 2.26. The average Bonchev–Trinajstić information content (AvgIpc) is 3.29. The summed E-state index contributed by atoms with van der Waals surface area (Å²) in [6.07, 6.45) is 2.53. The van der Waals surface area contributed by atoms with Crippen LogP contribution in [0.4, 0.5) is 15.9 Å². The van der Waals surface area contributed by atoms with E-state index in [1.54, 1.807) is 18.3 Å². The fraction of sp³-hybridized carbons (Fsp3) is 0.250. The van der Waals surface area contributed by atoms with Gasteiger partial charge in [-0.15, -0.1) is 0 Å². The number of carbonyl (C=O) groups excluding carboxylic acids is 1. The van der Waals surface area contributed by atoms with E-state index in [-0.39, 0.29) is 17.5 Å². The number of phenolic OH excluding ortho intramolecular Hbond substituents is 1. The molecule has 1 atom stereocenters. The van der Waals surface area contributed by atoms with Gasteiger partial charge >= 0.3 is 0 Å². The molecule has 1 fully saturated rings. The molecule has 0 saturated carbocycles. The molecule has 0 bridgehead atoms. The zero-order chi connectivity index (χ0) is 22.5. The number of rotatable bonds is 7. The van der Waals surface area contributed by atoms with Crippen LogP contribution in [-0.2, 0) is 6.54 Å². The largest absolute Gasteiger partial charge is 0.504 e. The Kier molecular flexibility index (Phi) is 6.51. The Labute approximate surface area is 185 Å². The third-order valence-electron chi connectivity index (χ3n) is 5.46. The van der Waals surface area contributed by atoms with Crippen molar-refractivity contribution in [3.8, 4) is 11.5 Å². The molecule has 0 radical (unpaired) electrons. The smallest absolute Gasteiger partial charge is 0.257 e. The number of nitrogens with zero attached hydrogens (tertiary/aromatic N) is 2. The summed E-state index contributed by atoms with van der Waals surface area (Å²) in [6, 6.07) is 14.8. The summed E-state index contributed by atoms with van der Waals surface area (Å²) >= 11 is 0.